The number of nitrogens with zero attached hydrogens (tertiary/aromatic N) is 5. The van der Waals surface area contributed by atoms with Crippen molar-refractivity contribution in [3.63, 3.8) is 0 Å². The van der Waals surface area contributed by atoms with Gasteiger partial charge in [-0.05, 0) is 65.1 Å². The van der Waals surface area contributed by atoms with E-state index < -0.39 is 0 Å². The lowest BCUT2D eigenvalue weighted by Gasteiger charge is -2.35. The van der Waals surface area contributed by atoms with Gasteiger partial charge in [0.1, 0.15) is 16.7 Å². The zero-order valence-corrected chi connectivity index (χ0v) is 27.1. The van der Waals surface area contributed by atoms with Gasteiger partial charge in [-0.25, -0.2) is 0 Å². The Balaban J connectivity index is 1.41. The Morgan fingerprint density at radius 2 is 1.47 bits per heavy atom. The summed E-state index contributed by atoms with van der Waals surface area (Å²) in [6.07, 6.45) is 1.90. The fourth-order valence-electron chi connectivity index (χ4n) is 5.40. The summed E-state index contributed by atoms with van der Waals surface area (Å²) in [5, 5.41) is 10.4. The first-order valence-corrected chi connectivity index (χ1v) is 15.8. The van der Waals surface area contributed by atoms with Gasteiger partial charge in [-0.1, -0.05) is 83.5 Å². The standard InChI is InChI=1S/C35H44ClN5O2/c1-7-34(3,4)26-21-28(35(5,6)8-2)33(31(22-26)41-37-29-11-9-10-12-30(29)38-41)43-24-32(42)40-19-17-39(18-20-40)23-25-13-15-27(36)16-14-25/h9-16,21-22H,7-8,17-20,23-24H2,1-6H3. The van der Waals surface area contributed by atoms with E-state index in [4.69, 9.17) is 26.5 Å². The van der Waals surface area contributed by atoms with Crippen molar-refractivity contribution in [1.29, 1.82) is 0 Å². The van der Waals surface area contributed by atoms with Crippen molar-refractivity contribution in [2.75, 3.05) is 32.8 Å². The van der Waals surface area contributed by atoms with Crippen LogP contribution in [0.5, 0.6) is 5.75 Å². The number of hydrogen-bond acceptors (Lipinski definition) is 5. The first-order valence-electron chi connectivity index (χ1n) is 15.4. The van der Waals surface area contributed by atoms with Crippen LogP contribution in [-0.2, 0) is 22.2 Å². The van der Waals surface area contributed by atoms with Crippen LogP contribution in [0.1, 0.15) is 71.1 Å². The van der Waals surface area contributed by atoms with Crippen LogP contribution in [-0.4, -0.2) is 63.5 Å². The molecule has 0 unspecified atom stereocenters. The van der Waals surface area contributed by atoms with E-state index in [1.165, 1.54) is 11.1 Å². The normalized spacial score (nSPS) is 14.8. The monoisotopic (exact) mass is 601 g/mol. The number of fused-ring (bicyclic) bond motifs is 1. The molecule has 8 heteroatoms. The molecule has 0 atom stereocenters. The van der Waals surface area contributed by atoms with Crippen LogP contribution in [0.2, 0.25) is 5.02 Å². The molecular weight excluding hydrogens is 558 g/mol. The summed E-state index contributed by atoms with van der Waals surface area (Å²) in [7, 11) is 0. The van der Waals surface area contributed by atoms with Gasteiger partial charge in [0, 0.05) is 43.3 Å². The first-order chi connectivity index (χ1) is 20.5. The number of carbonyl (C=O) groups excluding carboxylic acids is 1. The highest BCUT2D eigenvalue weighted by atomic mass is 35.5. The average Bonchev–Trinajstić information content (AvgIpc) is 3.45. The van der Waals surface area contributed by atoms with Gasteiger partial charge >= 0.3 is 0 Å². The molecule has 5 rings (SSSR count). The number of benzene rings is 3. The van der Waals surface area contributed by atoms with E-state index in [0.29, 0.717) is 18.8 Å². The van der Waals surface area contributed by atoms with Gasteiger partial charge in [0.15, 0.2) is 12.4 Å². The van der Waals surface area contributed by atoms with Gasteiger partial charge in [-0.15, -0.1) is 15.0 Å². The Morgan fingerprint density at radius 1 is 0.860 bits per heavy atom. The molecule has 7 nitrogen and oxygen atoms in total. The number of halogens is 1. The first kappa shape index (κ1) is 31.0. The molecule has 1 aromatic heterocycles. The van der Waals surface area contributed by atoms with Crippen molar-refractivity contribution in [1.82, 2.24) is 24.8 Å². The van der Waals surface area contributed by atoms with Crippen molar-refractivity contribution < 1.29 is 9.53 Å². The third kappa shape index (κ3) is 6.89. The molecule has 228 valence electrons. The minimum atomic E-state index is -0.188. The number of piperazine rings is 1. The Kier molecular flexibility index (Phi) is 9.14. The summed E-state index contributed by atoms with van der Waals surface area (Å²) in [5.74, 6) is 0.673. The third-order valence-electron chi connectivity index (χ3n) is 9.23. The summed E-state index contributed by atoms with van der Waals surface area (Å²) >= 11 is 6.04. The molecule has 0 bridgehead atoms. The Hall–Kier alpha value is -3.42. The van der Waals surface area contributed by atoms with Gasteiger partial charge in [0.25, 0.3) is 5.91 Å². The molecule has 0 aliphatic carbocycles. The summed E-state index contributed by atoms with van der Waals surface area (Å²) in [4.78, 5) is 19.5. The van der Waals surface area contributed by atoms with Crippen molar-refractivity contribution >= 4 is 28.5 Å². The smallest absolute Gasteiger partial charge is 0.260 e. The fourth-order valence-corrected chi connectivity index (χ4v) is 5.52. The number of ether oxygens (including phenoxy) is 1. The van der Waals surface area contributed by atoms with E-state index in [1.807, 2.05) is 41.3 Å². The van der Waals surface area contributed by atoms with Gasteiger partial charge in [0.2, 0.25) is 0 Å². The Bertz CT molecular complexity index is 1540. The number of carbonyl (C=O) groups is 1. The second kappa shape index (κ2) is 12.7. The number of hydrogen-bond donors (Lipinski definition) is 0. The van der Waals surface area contributed by atoms with Crippen LogP contribution >= 0.6 is 11.6 Å². The van der Waals surface area contributed by atoms with Crippen LogP contribution in [0.4, 0.5) is 0 Å². The highest BCUT2D eigenvalue weighted by Crippen LogP contribution is 2.42. The van der Waals surface area contributed by atoms with Crippen LogP contribution < -0.4 is 4.74 Å². The molecule has 2 heterocycles. The molecule has 1 amide bonds. The van der Waals surface area contributed by atoms with Crippen molar-refractivity contribution in [3.8, 4) is 11.4 Å². The van der Waals surface area contributed by atoms with Crippen LogP contribution in [0.25, 0.3) is 16.7 Å². The molecule has 4 aromatic rings. The zero-order valence-electron chi connectivity index (χ0n) is 26.4. The maximum atomic E-state index is 13.5. The highest BCUT2D eigenvalue weighted by Gasteiger charge is 2.31. The Morgan fingerprint density at radius 3 is 2.05 bits per heavy atom. The SMILES string of the molecule is CCC(C)(C)c1cc(-n2nc3ccccc3n2)c(OCC(=O)N2CCN(Cc3ccc(Cl)cc3)CC2)c(C(C)(C)CC)c1. The van der Waals surface area contributed by atoms with Gasteiger partial charge in [0.05, 0.1) is 0 Å². The topological polar surface area (TPSA) is 63.5 Å². The summed E-state index contributed by atoms with van der Waals surface area (Å²) in [5.41, 5.74) is 5.67. The molecule has 0 radical (unpaired) electrons. The molecule has 1 aliphatic heterocycles. The molecule has 0 spiro atoms. The van der Waals surface area contributed by atoms with Crippen molar-refractivity contribution in [3.05, 3.63) is 82.4 Å². The Labute approximate surface area is 260 Å². The minimum absolute atomic E-state index is 0.00565. The molecule has 1 fully saturated rings. The molecule has 3 aromatic carbocycles. The summed E-state index contributed by atoms with van der Waals surface area (Å²) < 4.78 is 6.54. The maximum Gasteiger partial charge on any atom is 0.260 e. The quantitative estimate of drug-likeness (QED) is 0.193. The van der Waals surface area contributed by atoms with E-state index in [2.05, 4.69) is 70.7 Å². The molecule has 0 N–H and O–H groups in total. The number of aromatic nitrogens is 3. The van der Waals surface area contributed by atoms with Crippen LogP contribution in [0.3, 0.4) is 0 Å². The van der Waals surface area contributed by atoms with E-state index in [1.54, 1.807) is 4.80 Å². The lowest BCUT2D eigenvalue weighted by molar-refractivity contribution is -0.135. The average molecular weight is 602 g/mol. The van der Waals surface area contributed by atoms with Crippen molar-refractivity contribution in [2.24, 2.45) is 0 Å². The fraction of sp³-hybridized carbons (Fsp3) is 0.457. The minimum Gasteiger partial charge on any atom is -0.481 e. The van der Waals surface area contributed by atoms with Gasteiger partial charge < -0.3 is 9.64 Å². The predicted octanol–water partition coefficient (Wildman–Crippen LogP) is 7.17. The van der Waals surface area contributed by atoms with Gasteiger partial charge in [-0.3, -0.25) is 9.69 Å². The number of amides is 1. The summed E-state index contributed by atoms with van der Waals surface area (Å²) in [6.45, 7) is 17.2. The molecular formula is C35H44ClN5O2. The lowest BCUT2D eigenvalue weighted by Crippen LogP contribution is -2.49. The molecule has 1 saturated heterocycles. The van der Waals surface area contributed by atoms with E-state index >= 15 is 0 Å². The summed E-state index contributed by atoms with van der Waals surface area (Å²) in [6, 6.07) is 20.3. The second-order valence-corrected chi connectivity index (χ2v) is 13.3. The molecule has 0 saturated carbocycles. The largest absolute Gasteiger partial charge is 0.481 e. The van der Waals surface area contributed by atoms with Gasteiger partial charge in [-0.2, -0.15) is 0 Å². The lowest BCUT2D eigenvalue weighted by atomic mass is 9.76. The zero-order chi connectivity index (χ0) is 30.8. The number of rotatable bonds is 10. The molecule has 1 aliphatic rings. The maximum absolute atomic E-state index is 13.5. The second-order valence-electron chi connectivity index (χ2n) is 12.9. The molecule has 43 heavy (non-hydrogen) atoms. The van der Waals surface area contributed by atoms with Crippen LogP contribution in [0.15, 0.2) is 60.7 Å². The third-order valence-corrected chi connectivity index (χ3v) is 9.49. The van der Waals surface area contributed by atoms with E-state index in [9.17, 15) is 4.79 Å². The van der Waals surface area contributed by atoms with Crippen LogP contribution in [0, 0.1) is 0 Å². The van der Waals surface area contributed by atoms with E-state index in [0.717, 1.165) is 59.8 Å². The van der Waals surface area contributed by atoms with E-state index in [-0.39, 0.29) is 23.3 Å². The van der Waals surface area contributed by atoms with Crippen molar-refractivity contribution in [2.45, 2.75) is 71.8 Å². The highest BCUT2D eigenvalue weighted by molar-refractivity contribution is 6.30. The predicted molar refractivity (Wildman–Crippen MR) is 174 cm³/mol.